The second kappa shape index (κ2) is 9.87. The van der Waals surface area contributed by atoms with Crippen molar-refractivity contribution in [2.45, 2.75) is 63.5 Å². The van der Waals surface area contributed by atoms with Crippen LogP contribution in [0.15, 0.2) is 36.9 Å². The molecule has 5 nitrogen and oxygen atoms in total. The van der Waals surface area contributed by atoms with Crippen molar-refractivity contribution in [2.24, 2.45) is 0 Å². The first-order valence-corrected chi connectivity index (χ1v) is 8.97. The summed E-state index contributed by atoms with van der Waals surface area (Å²) < 4.78 is 5.98. The fourth-order valence-corrected chi connectivity index (χ4v) is 3.04. The standard InChI is InChI=1S/C20H27NO4/c1-2-3-11-18(20(23)24)21-19(22)13-12-15-7-6-10-17(14-15)25-16-8-4-5-9-16/h2,6-7,10,14,16,18H,1,3-5,8-9,11-13H2,(H,21,22)(H,23,24). The van der Waals surface area contributed by atoms with Crippen LogP contribution in [0.25, 0.3) is 0 Å². The number of allylic oxidation sites excluding steroid dienone is 1. The molecule has 1 saturated carbocycles. The van der Waals surface area contributed by atoms with E-state index in [0.29, 0.717) is 25.4 Å². The van der Waals surface area contributed by atoms with Gasteiger partial charge in [-0.05, 0) is 62.6 Å². The predicted molar refractivity (Wildman–Crippen MR) is 96.6 cm³/mol. The van der Waals surface area contributed by atoms with Gasteiger partial charge >= 0.3 is 5.97 Å². The normalized spacial score (nSPS) is 15.5. The van der Waals surface area contributed by atoms with Crippen LogP contribution in [-0.2, 0) is 16.0 Å². The lowest BCUT2D eigenvalue weighted by Gasteiger charge is -2.15. The third-order valence-corrected chi connectivity index (χ3v) is 4.44. The number of benzene rings is 1. The van der Waals surface area contributed by atoms with Crippen molar-refractivity contribution in [1.29, 1.82) is 0 Å². The number of carbonyl (C=O) groups excluding carboxylic acids is 1. The third kappa shape index (κ3) is 6.61. The van der Waals surface area contributed by atoms with E-state index in [2.05, 4.69) is 11.9 Å². The number of nitrogens with one attached hydrogen (secondary N) is 1. The van der Waals surface area contributed by atoms with Crippen LogP contribution < -0.4 is 10.1 Å². The van der Waals surface area contributed by atoms with Crippen molar-refractivity contribution in [3.63, 3.8) is 0 Å². The van der Waals surface area contributed by atoms with Crippen LogP contribution in [0.1, 0.15) is 50.5 Å². The molecule has 2 N–H and O–H groups in total. The summed E-state index contributed by atoms with van der Waals surface area (Å²) in [7, 11) is 0. The number of amides is 1. The van der Waals surface area contributed by atoms with E-state index in [-0.39, 0.29) is 12.3 Å². The molecule has 5 heteroatoms. The first-order valence-electron chi connectivity index (χ1n) is 8.97. The maximum Gasteiger partial charge on any atom is 0.326 e. The van der Waals surface area contributed by atoms with E-state index < -0.39 is 12.0 Å². The molecule has 0 spiro atoms. The lowest BCUT2D eigenvalue weighted by molar-refractivity contribution is -0.142. The Balaban J connectivity index is 1.82. The van der Waals surface area contributed by atoms with Gasteiger partial charge in [0.2, 0.25) is 5.91 Å². The minimum absolute atomic E-state index is 0.251. The fraction of sp³-hybridized carbons (Fsp3) is 0.500. The Morgan fingerprint density at radius 3 is 2.80 bits per heavy atom. The zero-order valence-corrected chi connectivity index (χ0v) is 14.6. The highest BCUT2D eigenvalue weighted by Gasteiger charge is 2.19. The van der Waals surface area contributed by atoms with Crippen molar-refractivity contribution in [3.05, 3.63) is 42.5 Å². The molecule has 0 heterocycles. The number of hydrogen-bond donors (Lipinski definition) is 2. The van der Waals surface area contributed by atoms with Crippen molar-refractivity contribution < 1.29 is 19.4 Å². The number of aliphatic carboxylic acids is 1. The Bertz CT molecular complexity index is 593. The van der Waals surface area contributed by atoms with Crippen molar-refractivity contribution in [1.82, 2.24) is 5.32 Å². The second-order valence-electron chi connectivity index (χ2n) is 6.50. The molecule has 0 saturated heterocycles. The first-order chi connectivity index (χ1) is 12.1. The molecule has 1 aromatic carbocycles. The van der Waals surface area contributed by atoms with Gasteiger partial charge in [-0.1, -0.05) is 18.2 Å². The monoisotopic (exact) mass is 345 g/mol. The summed E-state index contributed by atoms with van der Waals surface area (Å²) in [5.74, 6) is -0.417. The van der Waals surface area contributed by atoms with Gasteiger partial charge in [-0.3, -0.25) is 4.79 Å². The molecule has 0 bridgehead atoms. The summed E-state index contributed by atoms with van der Waals surface area (Å²) in [5, 5.41) is 11.7. The van der Waals surface area contributed by atoms with Crippen LogP contribution in [0.3, 0.4) is 0 Å². The minimum atomic E-state index is -1.01. The van der Waals surface area contributed by atoms with Gasteiger partial charge in [0.05, 0.1) is 6.10 Å². The average molecular weight is 345 g/mol. The maximum absolute atomic E-state index is 12.0. The summed E-state index contributed by atoms with van der Waals surface area (Å²) in [6.07, 6.45) is 8.33. The number of rotatable bonds is 10. The topological polar surface area (TPSA) is 75.6 Å². The van der Waals surface area contributed by atoms with E-state index in [1.165, 1.54) is 12.8 Å². The van der Waals surface area contributed by atoms with Gasteiger partial charge in [-0.25, -0.2) is 4.79 Å². The Labute approximate surface area is 149 Å². The van der Waals surface area contributed by atoms with Crippen LogP contribution >= 0.6 is 0 Å². The second-order valence-corrected chi connectivity index (χ2v) is 6.50. The van der Waals surface area contributed by atoms with E-state index >= 15 is 0 Å². The van der Waals surface area contributed by atoms with E-state index in [1.54, 1.807) is 6.08 Å². The van der Waals surface area contributed by atoms with Crippen LogP contribution in [0.2, 0.25) is 0 Å². The average Bonchev–Trinajstić information content (AvgIpc) is 3.10. The van der Waals surface area contributed by atoms with Crippen LogP contribution in [0, 0.1) is 0 Å². The van der Waals surface area contributed by atoms with Crippen LogP contribution in [-0.4, -0.2) is 29.1 Å². The van der Waals surface area contributed by atoms with Crippen LogP contribution in [0.5, 0.6) is 5.75 Å². The summed E-state index contributed by atoms with van der Waals surface area (Å²) in [6, 6.07) is 6.95. The van der Waals surface area contributed by atoms with Crippen molar-refractivity contribution >= 4 is 11.9 Å². The molecule has 0 radical (unpaired) electrons. The highest BCUT2D eigenvalue weighted by Crippen LogP contribution is 2.24. The van der Waals surface area contributed by atoms with Gasteiger partial charge in [-0.15, -0.1) is 6.58 Å². The van der Waals surface area contributed by atoms with Gasteiger partial charge < -0.3 is 15.2 Å². The molecule has 136 valence electrons. The highest BCUT2D eigenvalue weighted by atomic mass is 16.5. The number of aryl methyl sites for hydroxylation is 1. The molecule has 1 fully saturated rings. The van der Waals surface area contributed by atoms with E-state index in [1.807, 2.05) is 24.3 Å². The van der Waals surface area contributed by atoms with Crippen LogP contribution in [0.4, 0.5) is 0 Å². The Kier molecular flexibility index (Phi) is 7.51. The lowest BCUT2D eigenvalue weighted by Crippen LogP contribution is -2.40. The third-order valence-electron chi connectivity index (χ3n) is 4.44. The first kappa shape index (κ1) is 19.0. The molecule has 1 atom stereocenters. The number of carbonyl (C=O) groups is 2. The van der Waals surface area contributed by atoms with Gasteiger partial charge in [0.15, 0.2) is 0 Å². The summed E-state index contributed by atoms with van der Waals surface area (Å²) >= 11 is 0. The van der Waals surface area contributed by atoms with E-state index in [0.717, 1.165) is 24.2 Å². The fourth-order valence-electron chi connectivity index (χ4n) is 3.04. The summed E-state index contributed by atoms with van der Waals surface area (Å²) in [5.41, 5.74) is 1.02. The Morgan fingerprint density at radius 1 is 1.36 bits per heavy atom. The molecule has 1 aromatic rings. The highest BCUT2D eigenvalue weighted by molar-refractivity contribution is 5.83. The van der Waals surface area contributed by atoms with E-state index in [9.17, 15) is 9.59 Å². The zero-order chi connectivity index (χ0) is 18.1. The van der Waals surface area contributed by atoms with Crippen molar-refractivity contribution in [2.75, 3.05) is 0 Å². The van der Waals surface area contributed by atoms with Crippen molar-refractivity contribution in [3.8, 4) is 5.75 Å². The number of hydrogen-bond acceptors (Lipinski definition) is 3. The molecular formula is C20H27NO4. The molecule has 25 heavy (non-hydrogen) atoms. The molecule has 0 aliphatic heterocycles. The van der Waals surface area contributed by atoms with Gasteiger partial charge in [0.25, 0.3) is 0 Å². The molecule has 0 aromatic heterocycles. The molecular weight excluding hydrogens is 318 g/mol. The van der Waals surface area contributed by atoms with Gasteiger partial charge in [0.1, 0.15) is 11.8 Å². The SMILES string of the molecule is C=CCCC(NC(=O)CCc1cccc(OC2CCCC2)c1)C(=O)O. The molecule has 1 aliphatic rings. The smallest absolute Gasteiger partial charge is 0.326 e. The summed E-state index contributed by atoms with van der Waals surface area (Å²) in [6.45, 7) is 3.57. The quantitative estimate of drug-likeness (QED) is 0.637. The van der Waals surface area contributed by atoms with E-state index in [4.69, 9.17) is 9.84 Å². The molecule has 1 unspecified atom stereocenters. The minimum Gasteiger partial charge on any atom is -0.490 e. The Hall–Kier alpha value is -2.30. The van der Waals surface area contributed by atoms with Gasteiger partial charge in [-0.2, -0.15) is 0 Å². The molecule has 2 rings (SSSR count). The maximum atomic E-state index is 12.0. The van der Waals surface area contributed by atoms with Gasteiger partial charge in [0, 0.05) is 6.42 Å². The molecule has 1 amide bonds. The Morgan fingerprint density at radius 2 is 2.12 bits per heavy atom. The number of ether oxygens (including phenoxy) is 1. The lowest BCUT2D eigenvalue weighted by atomic mass is 10.1. The number of carboxylic acids is 1. The summed E-state index contributed by atoms with van der Waals surface area (Å²) in [4.78, 5) is 23.2. The predicted octanol–water partition coefficient (Wildman–Crippen LogP) is 3.48. The molecule has 1 aliphatic carbocycles. The number of carboxylic acid groups (broad SMARTS) is 1. The largest absolute Gasteiger partial charge is 0.490 e. The zero-order valence-electron chi connectivity index (χ0n) is 14.6.